The molecule has 1 saturated heterocycles. The summed E-state index contributed by atoms with van der Waals surface area (Å²) in [5.41, 5.74) is 1.10. The van der Waals surface area contributed by atoms with Crippen LogP contribution in [0.1, 0.15) is 44.6 Å². The van der Waals surface area contributed by atoms with Crippen LogP contribution in [0.2, 0.25) is 0 Å². The van der Waals surface area contributed by atoms with Crippen LogP contribution < -0.4 is 10.6 Å². The van der Waals surface area contributed by atoms with E-state index in [2.05, 4.69) is 27.4 Å². The van der Waals surface area contributed by atoms with Gasteiger partial charge >= 0.3 is 0 Å². The first-order valence-electron chi connectivity index (χ1n) is 10.4. The normalized spacial score (nSPS) is 18.8. The third kappa shape index (κ3) is 7.80. The lowest BCUT2D eigenvalue weighted by Gasteiger charge is -2.33. The van der Waals surface area contributed by atoms with Crippen LogP contribution in [0.5, 0.6) is 0 Å². The van der Waals surface area contributed by atoms with Crippen LogP contribution in [-0.4, -0.2) is 64.8 Å². The molecular weight excluding hydrogens is 372 g/mol. The van der Waals surface area contributed by atoms with Gasteiger partial charge in [0.2, 0.25) is 0 Å². The summed E-state index contributed by atoms with van der Waals surface area (Å²) in [6.45, 7) is 6.47. The van der Waals surface area contributed by atoms with Gasteiger partial charge in [0.05, 0.1) is 4.90 Å². The highest BCUT2D eigenvalue weighted by molar-refractivity contribution is 7.90. The number of nitrogens with one attached hydrogen (secondary N) is 2. The van der Waals surface area contributed by atoms with Crippen molar-refractivity contribution >= 4 is 15.8 Å². The average molecular weight is 409 g/mol. The maximum absolute atomic E-state index is 11.5. The third-order valence-corrected chi connectivity index (χ3v) is 6.51. The van der Waals surface area contributed by atoms with E-state index in [0.29, 0.717) is 4.90 Å². The number of hydrogen-bond donors (Lipinski definition) is 2. The Labute approximate surface area is 170 Å². The molecule has 1 aromatic carbocycles. The molecule has 6 nitrogen and oxygen atoms in total. The smallest absolute Gasteiger partial charge is 0.190 e. The Bertz CT molecular complexity index is 716. The zero-order chi connectivity index (χ0) is 20.4. The zero-order valence-electron chi connectivity index (χ0n) is 17.6. The Balaban J connectivity index is 1.61. The van der Waals surface area contributed by atoms with Gasteiger partial charge in [0.25, 0.3) is 0 Å². The summed E-state index contributed by atoms with van der Waals surface area (Å²) >= 11 is 0. The van der Waals surface area contributed by atoms with E-state index in [1.807, 2.05) is 12.1 Å². The van der Waals surface area contributed by atoms with Crippen molar-refractivity contribution in [2.24, 2.45) is 4.99 Å². The number of unbranched alkanes of at least 4 members (excludes halogenated alkanes) is 1. The summed E-state index contributed by atoms with van der Waals surface area (Å²) in [5.74, 6) is 0.819. The number of piperidine rings is 1. The Morgan fingerprint density at radius 1 is 1.14 bits per heavy atom. The van der Waals surface area contributed by atoms with E-state index in [0.717, 1.165) is 43.5 Å². The molecule has 1 fully saturated rings. The summed E-state index contributed by atoms with van der Waals surface area (Å²) in [6, 6.07) is 7.82. The minimum Gasteiger partial charge on any atom is -0.356 e. The molecule has 7 heteroatoms. The monoisotopic (exact) mass is 408 g/mol. The van der Waals surface area contributed by atoms with Gasteiger partial charge < -0.3 is 15.5 Å². The lowest BCUT2D eigenvalue weighted by Crippen LogP contribution is -2.40. The van der Waals surface area contributed by atoms with Gasteiger partial charge in [0.1, 0.15) is 0 Å². The quantitative estimate of drug-likeness (QED) is 0.373. The molecule has 0 amide bonds. The lowest BCUT2D eigenvalue weighted by molar-refractivity contribution is 0.158. The van der Waals surface area contributed by atoms with Gasteiger partial charge in [-0.25, -0.2) is 8.42 Å². The summed E-state index contributed by atoms with van der Waals surface area (Å²) in [6.07, 6.45) is 8.45. The molecule has 1 atom stereocenters. The maximum Gasteiger partial charge on any atom is 0.190 e. The number of rotatable bonds is 9. The summed E-state index contributed by atoms with van der Waals surface area (Å²) < 4.78 is 23.0. The fourth-order valence-corrected chi connectivity index (χ4v) is 4.22. The van der Waals surface area contributed by atoms with Crippen LogP contribution in [0, 0.1) is 0 Å². The van der Waals surface area contributed by atoms with E-state index >= 15 is 0 Å². The second-order valence-corrected chi connectivity index (χ2v) is 9.70. The fraction of sp³-hybridized carbons (Fsp3) is 0.667. The maximum atomic E-state index is 11.5. The van der Waals surface area contributed by atoms with E-state index < -0.39 is 9.84 Å². The lowest BCUT2D eigenvalue weighted by atomic mass is 10.0. The highest BCUT2D eigenvalue weighted by atomic mass is 32.2. The van der Waals surface area contributed by atoms with Gasteiger partial charge in [-0.2, -0.15) is 0 Å². The van der Waals surface area contributed by atoms with Crippen molar-refractivity contribution < 1.29 is 8.42 Å². The van der Waals surface area contributed by atoms with Crippen LogP contribution >= 0.6 is 0 Å². The van der Waals surface area contributed by atoms with Crippen molar-refractivity contribution in [2.45, 2.75) is 56.4 Å². The van der Waals surface area contributed by atoms with Crippen LogP contribution in [-0.2, 0) is 16.3 Å². The molecule has 1 heterocycles. The topological polar surface area (TPSA) is 73.8 Å². The molecule has 1 aliphatic heterocycles. The Morgan fingerprint density at radius 3 is 2.50 bits per heavy atom. The number of sulfone groups is 1. The molecule has 1 aliphatic rings. The SMILES string of the molecule is CN=C(NCCCCN1CCCCC1C)NCCc1ccc(S(C)(=O)=O)cc1. The van der Waals surface area contributed by atoms with Crippen LogP contribution in [0.3, 0.4) is 0 Å². The van der Waals surface area contributed by atoms with Gasteiger partial charge in [-0.3, -0.25) is 4.99 Å². The van der Waals surface area contributed by atoms with Crippen molar-refractivity contribution in [1.29, 1.82) is 0 Å². The fourth-order valence-electron chi connectivity index (χ4n) is 3.59. The molecule has 0 spiro atoms. The van der Waals surface area contributed by atoms with Crippen molar-refractivity contribution in [3.63, 3.8) is 0 Å². The van der Waals surface area contributed by atoms with Crippen molar-refractivity contribution in [2.75, 3.05) is 39.5 Å². The number of guanidine groups is 1. The second kappa shape index (κ2) is 11.4. The molecular formula is C21H36N4O2S. The highest BCUT2D eigenvalue weighted by Crippen LogP contribution is 2.16. The van der Waals surface area contributed by atoms with Crippen LogP contribution in [0.25, 0.3) is 0 Å². The summed E-state index contributed by atoms with van der Waals surface area (Å²) in [4.78, 5) is 7.25. The molecule has 2 N–H and O–H groups in total. The number of hydrogen-bond acceptors (Lipinski definition) is 4. The summed E-state index contributed by atoms with van der Waals surface area (Å²) in [7, 11) is -1.35. The standard InChI is InChI=1S/C21H36N4O2S/c1-18-8-4-6-16-25(18)17-7-5-14-23-21(22-2)24-15-13-19-9-11-20(12-10-19)28(3,26)27/h9-12,18H,4-8,13-17H2,1-3H3,(H2,22,23,24). The third-order valence-electron chi connectivity index (χ3n) is 5.39. The molecule has 1 aromatic rings. The van der Waals surface area contributed by atoms with Crippen LogP contribution in [0.15, 0.2) is 34.2 Å². The number of aliphatic imine (C=N–C) groups is 1. The zero-order valence-corrected chi connectivity index (χ0v) is 18.4. The van der Waals surface area contributed by atoms with Gasteiger partial charge in [-0.15, -0.1) is 0 Å². The Hall–Kier alpha value is -1.60. The van der Waals surface area contributed by atoms with Crippen molar-refractivity contribution in [3.05, 3.63) is 29.8 Å². The molecule has 158 valence electrons. The number of benzene rings is 1. The van der Waals surface area contributed by atoms with Gasteiger partial charge in [-0.1, -0.05) is 18.6 Å². The molecule has 1 unspecified atom stereocenters. The predicted molar refractivity (Wildman–Crippen MR) is 117 cm³/mol. The minimum atomic E-state index is -3.13. The average Bonchev–Trinajstić information content (AvgIpc) is 2.67. The molecule has 0 saturated carbocycles. The van der Waals surface area contributed by atoms with E-state index in [4.69, 9.17) is 0 Å². The highest BCUT2D eigenvalue weighted by Gasteiger charge is 2.16. The predicted octanol–water partition coefficient (Wildman–Crippen LogP) is 2.45. The second-order valence-electron chi connectivity index (χ2n) is 7.68. The van der Waals surface area contributed by atoms with E-state index in [1.54, 1.807) is 19.2 Å². The van der Waals surface area contributed by atoms with Gasteiger partial charge in [-0.05, 0) is 69.8 Å². The summed E-state index contributed by atoms with van der Waals surface area (Å²) in [5, 5.41) is 6.70. The van der Waals surface area contributed by atoms with E-state index in [9.17, 15) is 8.42 Å². The minimum absolute atomic E-state index is 0.362. The first-order chi connectivity index (χ1) is 13.4. The molecule has 0 radical (unpaired) electrons. The molecule has 28 heavy (non-hydrogen) atoms. The molecule has 0 aromatic heterocycles. The van der Waals surface area contributed by atoms with Crippen molar-refractivity contribution in [3.8, 4) is 0 Å². The molecule has 0 aliphatic carbocycles. The largest absolute Gasteiger partial charge is 0.356 e. The van der Waals surface area contributed by atoms with Crippen molar-refractivity contribution in [1.82, 2.24) is 15.5 Å². The van der Waals surface area contributed by atoms with E-state index in [1.165, 1.54) is 45.0 Å². The first-order valence-corrected chi connectivity index (χ1v) is 12.3. The molecule has 0 bridgehead atoms. The Kier molecular flexibility index (Phi) is 9.25. The van der Waals surface area contributed by atoms with E-state index in [-0.39, 0.29) is 0 Å². The molecule has 2 rings (SSSR count). The van der Waals surface area contributed by atoms with Gasteiger partial charge in [0.15, 0.2) is 15.8 Å². The number of nitrogens with zero attached hydrogens (tertiary/aromatic N) is 2. The van der Waals surface area contributed by atoms with Gasteiger partial charge in [0, 0.05) is 32.4 Å². The Morgan fingerprint density at radius 2 is 1.86 bits per heavy atom. The number of likely N-dealkylation sites (tertiary alicyclic amines) is 1. The first kappa shape index (κ1) is 22.7. The van der Waals surface area contributed by atoms with Crippen LogP contribution in [0.4, 0.5) is 0 Å².